The molecule has 0 aliphatic heterocycles. The third-order valence-corrected chi connectivity index (χ3v) is 3.10. The number of benzene rings is 1. The highest BCUT2D eigenvalue weighted by atomic mass is 32.2. The van der Waals surface area contributed by atoms with E-state index in [4.69, 9.17) is 0 Å². The molecule has 1 aromatic carbocycles. The lowest BCUT2D eigenvalue weighted by Gasteiger charge is -2.09. The van der Waals surface area contributed by atoms with Crippen molar-refractivity contribution < 1.29 is 30.8 Å². The number of hydrogen-bond acceptors (Lipinski definition) is 6. The van der Waals surface area contributed by atoms with Gasteiger partial charge in [0.2, 0.25) is 0 Å². The van der Waals surface area contributed by atoms with Gasteiger partial charge in [0.25, 0.3) is 5.69 Å². The standard InChI is InChI=1S/C8H4F3N3O5S/c9-8(10,11)20(17,18)19-13-4-12-7-5(13)2-1-3-6(7)14(15)16/h1-4H. The molecule has 0 fully saturated rings. The summed E-state index contributed by atoms with van der Waals surface area (Å²) in [6.07, 6.45) is 0.598. The van der Waals surface area contributed by atoms with Crippen molar-refractivity contribution in [2.45, 2.75) is 5.51 Å². The van der Waals surface area contributed by atoms with Crippen molar-refractivity contribution >= 4 is 26.8 Å². The summed E-state index contributed by atoms with van der Waals surface area (Å²) in [5.41, 5.74) is -6.69. The first-order valence-electron chi connectivity index (χ1n) is 4.75. The predicted octanol–water partition coefficient (Wildman–Crippen LogP) is 1.22. The van der Waals surface area contributed by atoms with E-state index in [2.05, 4.69) is 9.27 Å². The Morgan fingerprint density at radius 2 is 2.00 bits per heavy atom. The zero-order valence-electron chi connectivity index (χ0n) is 9.23. The molecule has 0 aliphatic carbocycles. The second-order valence-corrected chi connectivity index (χ2v) is 4.97. The lowest BCUT2D eigenvalue weighted by Crippen LogP contribution is -2.32. The van der Waals surface area contributed by atoms with Gasteiger partial charge < -0.3 is 0 Å². The summed E-state index contributed by atoms with van der Waals surface area (Å²) in [4.78, 5) is 13.3. The first-order chi connectivity index (χ1) is 9.13. The number of alkyl halides is 3. The fourth-order valence-corrected chi connectivity index (χ4v) is 1.77. The van der Waals surface area contributed by atoms with Gasteiger partial charge in [-0.3, -0.25) is 14.4 Å². The number of hydrogen-bond donors (Lipinski definition) is 0. The number of non-ortho nitro benzene ring substituents is 1. The Kier molecular flexibility index (Phi) is 3.04. The number of rotatable bonds is 3. The molecule has 0 bridgehead atoms. The van der Waals surface area contributed by atoms with E-state index in [9.17, 15) is 31.7 Å². The SMILES string of the molecule is O=[N+]([O-])c1cccc2c1ncn2OS(=O)(=O)C(F)(F)F. The lowest BCUT2D eigenvalue weighted by molar-refractivity contribution is -0.383. The number of fused-ring (bicyclic) bond motifs is 1. The Bertz CT molecular complexity index is 782. The molecule has 1 heterocycles. The summed E-state index contributed by atoms with van der Waals surface area (Å²) < 4.78 is 62.3. The van der Waals surface area contributed by atoms with Gasteiger partial charge in [0.1, 0.15) is 11.8 Å². The van der Waals surface area contributed by atoms with Crippen LogP contribution in [0.15, 0.2) is 24.5 Å². The molecule has 2 aromatic rings. The average Bonchev–Trinajstić information content (AvgIpc) is 2.70. The molecule has 0 saturated carbocycles. The van der Waals surface area contributed by atoms with Crippen LogP contribution >= 0.6 is 0 Å². The summed E-state index contributed by atoms with van der Waals surface area (Å²) in [6, 6.07) is 3.35. The average molecular weight is 311 g/mol. The Hall–Kier alpha value is -2.37. The number of halogens is 3. The van der Waals surface area contributed by atoms with Gasteiger partial charge in [0, 0.05) is 6.07 Å². The molecule has 2 rings (SSSR count). The van der Waals surface area contributed by atoms with Crippen LogP contribution in [0.5, 0.6) is 0 Å². The molecule has 0 radical (unpaired) electrons. The summed E-state index contributed by atoms with van der Waals surface area (Å²) in [5, 5.41) is 10.7. The maximum absolute atomic E-state index is 12.2. The molecule has 8 nitrogen and oxygen atoms in total. The van der Waals surface area contributed by atoms with Gasteiger partial charge in [-0.2, -0.15) is 26.3 Å². The molecule has 1 aromatic heterocycles. The highest BCUT2D eigenvalue weighted by Crippen LogP contribution is 2.26. The molecule has 12 heteroatoms. The Morgan fingerprint density at radius 3 is 2.55 bits per heavy atom. The summed E-state index contributed by atoms with van der Waals surface area (Å²) in [6.45, 7) is 0. The molecule has 20 heavy (non-hydrogen) atoms. The second kappa shape index (κ2) is 4.33. The van der Waals surface area contributed by atoms with Gasteiger partial charge in [-0.15, -0.1) is 0 Å². The Balaban J connectivity index is 2.54. The fourth-order valence-electron chi connectivity index (χ4n) is 1.36. The Morgan fingerprint density at radius 1 is 1.35 bits per heavy atom. The minimum absolute atomic E-state index is 0.200. The van der Waals surface area contributed by atoms with Gasteiger partial charge in [0.05, 0.1) is 4.92 Å². The van der Waals surface area contributed by atoms with Crippen molar-refractivity contribution in [2.24, 2.45) is 0 Å². The van der Waals surface area contributed by atoms with E-state index in [-0.39, 0.29) is 15.8 Å². The topological polar surface area (TPSA) is 104 Å². The van der Waals surface area contributed by atoms with Crippen molar-refractivity contribution in [2.75, 3.05) is 0 Å². The van der Waals surface area contributed by atoms with E-state index in [1.165, 1.54) is 0 Å². The number of nitro groups is 1. The van der Waals surface area contributed by atoms with Crippen LogP contribution in [0.4, 0.5) is 18.9 Å². The highest BCUT2D eigenvalue weighted by Gasteiger charge is 2.49. The molecular formula is C8H4F3N3O5S. The van der Waals surface area contributed by atoms with Crippen LogP contribution in [0.1, 0.15) is 0 Å². The molecular weight excluding hydrogens is 307 g/mol. The van der Waals surface area contributed by atoms with Crippen LogP contribution in [0.3, 0.4) is 0 Å². The Labute approximate surface area is 108 Å². The van der Waals surface area contributed by atoms with Gasteiger partial charge in [-0.1, -0.05) is 6.07 Å². The minimum atomic E-state index is -5.89. The monoisotopic (exact) mass is 311 g/mol. The normalized spacial score (nSPS) is 12.6. The van der Waals surface area contributed by atoms with E-state index in [0.717, 1.165) is 18.2 Å². The number of nitrogens with zero attached hydrogens (tertiary/aromatic N) is 3. The smallest absolute Gasteiger partial charge is 0.279 e. The zero-order valence-corrected chi connectivity index (χ0v) is 10.1. The van der Waals surface area contributed by atoms with Gasteiger partial charge >= 0.3 is 15.6 Å². The van der Waals surface area contributed by atoms with Crippen molar-refractivity contribution in [1.82, 2.24) is 9.71 Å². The van der Waals surface area contributed by atoms with Crippen LogP contribution < -0.4 is 4.28 Å². The number of imidazole rings is 1. The molecule has 0 spiro atoms. The van der Waals surface area contributed by atoms with Crippen LogP contribution in [0.2, 0.25) is 0 Å². The van der Waals surface area contributed by atoms with E-state index in [1.807, 2.05) is 0 Å². The maximum atomic E-state index is 12.2. The number of nitro benzene ring substituents is 1. The van der Waals surface area contributed by atoms with Crippen molar-refractivity contribution in [1.29, 1.82) is 0 Å². The van der Waals surface area contributed by atoms with Crippen molar-refractivity contribution in [3.63, 3.8) is 0 Å². The van der Waals surface area contributed by atoms with Crippen molar-refractivity contribution in [3.05, 3.63) is 34.6 Å². The third-order valence-electron chi connectivity index (χ3n) is 2.18. The minimum Gasteiger partial charge on any atom is -0.279 e. The molecule has 0 aliphatic rings. The van der Waals surface area contributed by atoms with Crippen LogP contribution in [0.25, 0.3) is 11.0 Å². The van der Waals surface area contributed by atoms with E-state index in [0.29, 0.717) is 6.33 Å². The molecule has 0 atom stereocenters. The number of para-hydroxylation sites is 1. The summed E-state index contributed by atoms with van der Waals surface area (Å²) in [7, 11) is -5.89. The summed E-state index contributed by atoms with van der Waals surface area (Å²) >= 11 is 0. The fraction of sp³-hybridized carbons (Fsp3) is 0.125. The molecule has 0 unspecified atom stereocenters. The van der Waals surface area contributed by atoms with Crippen LogP contribution in [0, 0.1) is 10.1 Å². The van der Waals surface area contributed by atoms with E-state index < -0.39 is 26.2 Å². The molecule has 0 saturated heterocycles. The molecule has 108 valence electrons. The second-order valence-electron chi connectivity index (χ2n) is 3.45. The predicted molar refractivity (Wildman–Crippen MR) is 57.9 cm³/mol. The van der Waals surface area contributed by atoms with Gasteiger partial charge in [-0.25, -0.2) is 4.98 Å². The first-order valence-corrected chi connectivity index (χ1v) is 6.16. The van der Waals surface area contributed by atoms with Gasteiger partial charge in [-0.05, 0) is 6.07 Å². The zero-order chi connectivity index (χ0) is 15.1. The summed E-state index contributed by atoms with van der Waals surface area (Å²) in [5.74, 6) is 0. The van der Waals surface area contributed by atoms with Crippen LogP contribution in [-0.2, 0) is 10.1 Å². The molecule has 0 amide bonds. The van der Waals surface area contributed by atoms with E-state index in [1.54, 1.807) is 0 Å². The largest absolute Gasteiger partial charge is 0.536 e. The van der Waals surface area contributed by atoms with E-state index >= 15 is 0 Å². The van der Waals surface area contributed by atoms with Gasteiger partial charge in [0.15, 0.2) is 5.52 Å². The molecule has 0 N–H and O–H groups in total. The lowest BCUT2D eigenvalue weighted by atomic mass is 10.3. The quantitative estimate of drug-likeness (QED) is 0.479. The maximum Gasteiger partial charge on any atom is 0.536 e. The first kappa shape index (κ1) is 14.0. The number of aromatic nitrogens is 2. The highest BCUT2D eigenvalue weighted by molar-refractivity contribution is 7.87. The van der Waals surface area contributed by atoms with Crippen LogP contribution in [-0.4, -0.2) is 28.6 Å². The van der Waals surface area contributed by atoms with Crippen molar-refractivity contribution in [3.8, 4) is 0 Å². The third kappa shape index (κ3) is 2.24.